The third kappa shape index (κ3) is 2.67. The molecule has 0 aromatic heterocycles. The molecule has 2 fully saturated rings. The molecule has 3 heteroatoms. The van der Waals surface area contributed by atoms with E-state index in [2.05, 4.69) is 18.9 Å². The Bertz CT molecular complexity index is 240. The van der Waals surface area contributed by atoms with E-state index in [1.165, 1.54) is 25.7 Å². The normalized spacial score (nSPS) is 35.6. The zero-order chi connectivity index (χ0) is 12.3. The van der Waals surface area contributed by atoms with Gasteiger partial charge >= 0.3 is 0 Å². The van der Waals surface area contributed by atoms with Gasteiger partial charge in [-0.15, -0.1) is 0 Å². The molecular formula is C14H28N2O. The Morgan fingerprint density at radius 2 is 2.06 bits per heavy atom. The molecule has 3 nitrogen and oxygen atoms in total. The number of nitrogens with two attached hydrogens (primary N) is 1. The molecule has 100 valence electrons. The molecule has 17 heavy (non-hydrogen) atoms. The third-order valence-corrected chi connectivity index (χ3v) is 4.98. The van der Waals surface area contributed by atoms with E-state index >= 15 is 0 Å². The molecule has 1 aliphatic carbocycles. The van der Waals surface area contributed by atoms with Crippen LogP contribution in [-0.2, 0) is 4.74 Å². The quantitative estimate of drug-likeness (QED) is 0.818. The molecule has 2 rings (SSSR count). The Kier molecular flexibility index (Phi) is 4.45. The van der Waals surface area contributed by atoms with Gasteiger partial charge in [-0.1, -0.05) is 19.8 Å². The van der Waals surface area contributed by atoms with Crippen molar-refractivity contribution in [1.82, 2.24) is 4.90 Å². The highest BCUT2D eigenvalue weighted by molar-refractivity contribution is 4.98. The Morgan fingerprint density at radius 1 is 1.35 bits per heavy atom. The summed E-state index contributed by atoms with van der Waals surface area (Å²) in [4.78, 5) is 2.60. The first-order valence-electron chi connectivity index (χ1n) is 7.26. The number of ether oxygens (including phenoxy) is 1. The highest BCUT2D eigenvalue weighted by atomic mass is 16.5. The van der Waals surface area contributed by atoms with Crippen molar-refractivity contribution in [1.29, 1.82) is 0 Å². The first kappa shape index (κ1) is 13.3. The van der Waals surface area contributed by atoms with Crippen molar-refractivity contribution in [2.75, 3.05) is 20.2 Å². The summed E-state index contributed by atoms with van der Waals surface area (Å²) in [6, 6.07) is 0.758. The van der Waals surface area contributed by atoms with Crippen LogP contribution in [0.5, 0.6) is 0 Å². The summed E-state index contributed by atoms with van der Waals surface area (Å²) in [7, 11) is 2.29. The monoisotopic (exact) mass is 240 g/mol. The van der Waals surface area contributed by atoms with Crippen molar-refractivity contribution < 1.29 is 4.74 Å². The van der Waals surface area contributed by atoms with Crippen molar-refractivity contribution in [3.8, 4) is 0 Å². The number of rotatable bonds is 4. The topological polar surface area (TPSA) is 38.5 Å². The zero-order valence-corrected chi connectivity index (χ0v) is 11.5. The van der Waals surface area contributed by atoms with Gasteiger partial charge in [-0.05, 0) is 39.2 Å². The van der Waals surface area contributed by atoms with Crippen LogP contribution >= 0.6 is 0 Å². The molecule has 0 radical (unpaired) electrons. The predicted octanol–water partition coefficient (Wildman–Crippen LogP) is 2.15. The second-order valence-corrected chi connectivity index (χ2v) is 5.83. The fourth-order valence-corrected chi connectivity index (χ4v) is 3.59. The molecule has 2 unspecified atom stereocenters. The van der Waals surface area contributed by atoms with E-state index in [9.17, 15) is 0 Å². The lowest BCUT2D eigenvalue weighted by atomic mass is 9.83. The second kappa shape index (κ2) is 5.68. The molecule has 0 aromatic rings. The lowest BCUT2D eigenvalue weighted by Gasteiger charge is -2.49. The third-order valence-electron chi connectivity index (χ3n) is 4.98. The van der Waals surface area contributed by atoms with Gasteiger partial charge in [-0.2, -0.15) is 0 Å². The van der Waals surface area contributed by atoms with Crippen molar-refractivity contribution in [2.24, 2.45) is 5.73 Å². The van der Waals surface area contributed by atoms with Crippen LogP contribution in [0.25, 0.3) is 0 Å². The van der Waals surface area contributed by atoms with E-state index < -0.39 is 0 Å². The summed E-state index contributed by atoms with van der Waals surface area (Å²) in [5.74, 6) is 0. The fourth-order valence-electron chi connectivity index (χ4n) is 3.59. The number of hydrogen-bond acceptors (Lipinski definition) is 3. The first-order valence-corrected chi connectivity index (χ1v) is 7.26. The van der Waals surface area contributed by atoms with Gasteiger partial charge < -0.3 is 10.5 Å². The summed E-state index contributed by atoms with van der Waals surface area (Å²) in [6.45, 7) is 3.87. The van der Waals surface area contributed by atoms with Crippen LogP contribution in [0, 0.1) is 0 Å². The van der Waals surface area contributed by atoms with Crippen molar-refractivity contribution in [2.45, 2.75) is 69.6 Å². The maximum atomic E-state index is 6.13. The minimum absolute atomic E-state index is 0.202. The summed E-state index contributed by atoms with van der Waals surface area (Å²) in [5, 5.41) is 0. The van der Waals surface area contributed by atoms with Crippen LogP contribution in [0.2, 0.25) is 0 Å². The predicted molar refractivity (Wildman–Crippen MR) is 71.1 cm³/mol. The summed E-state index contributed by atoms with van der Waals surface area (Å²) in [5.41, 5.74) is 6.33. The lowest BCUT2D eigenvalue weighted by Crippen LogP contribution is -2.59. The SMILES string of the molecule is CCC1CC(CN)(N(C)C2CCCC2)CCO1. The van der Waals surface area contributed by atoms with E-state index in [1.807, 2.05) is 0 Å². The van der Waals surface area contributed by atoms with Gasteiger partial charge in [-0.3, -0.25) is 4.90 Å². The highest BCUT2D eigenvalue weighted by Crippen LogP contribution is 2.35. The van der Waals surface area contributed by atoms with Crippen molar-refractivity contribution in [3.63, 3.8) is 0 Å². The molecule has 0 spiro atoms. The fraction of sp³-hybridized carbons (Fsp3) is 1.00. The number of likely N-dealkylation sites (N-methyl/N-ethyl adjacent to an activating group) is 1. The molecule has 0 aromatic carbocycles. The van der Waals surface area contributed by atoms with Crippen LogP contribution in [0.3, 0.4) is 0 Å². The Morgan fingerprint density at radius 3 is 2.65 bits per heavy atom. The van der Waals surface area contributed by atoms with Gasteiger partial charge in [0.1, 0.15) is 0 Å². The van der Waals surface area contributed by atoms with Crippen LogP contribution < -0.4 is 5.73 Å². The average molecular weight is 240 g/mol. The summed E-state index contributed by atoms with van der Waals surface area (Å²) in [6.07, 6.45) is 9.25. The minimum atomic E-state index is 0.202. The van der Waals surface area contributed by atoms with Gasteiger partial charge in [0.15, 0.2) is 0 Å². The highest BCUT2D eigenvalue weighted by Gasteiger charge is 2.41. The molecule has 1 saturated heterocycles. The van der Waals surface area contributed by atoms with Gasteiger partial charge in [0.25, 0.3) is 0 Å². The standard InChI is InChI=1S/C14H28N2O/c1-3-13-10-14(11-15,8-9-17-13)16(2)12-6-4-5-7-12/h12-13H,3-11,15H2,1-2H3. The Balaban J connectivity index is 2.06. The van der Waals surface area contributed by atoms with E-state index in [0.29, 0.717) is 6.10 Å². The lowest BCUT2D eigenvalue weighted by molar-refractivity contribution is -0.0753. The Labute approximate surface area is 106 Å². The molecule has 0 amide bonds. The molecule has 1 saturated carbocycles. The summed E-state index contributed by atoms with van der Waals surface area (Å²) < 4.78 is 5.81. The maximum absolute atomic E-state index is 6.13. The van der Waals surface area contributed by atoms with E-state index in [4.69, 9.17) is 10.5 Å². The van der Waals surface area contributed by atoms with Crippen LogP contribution in [0.4, 0.5) is 0 Å². The second-order valence-electron chi connectivity index (χ2n) is 5.83. The molecule has 1 aliphatic heterocycles. The van der Waals surface area contributed by atoms with Crippen molar-refractivity contribution >= 4 is 0 Å². The Hall–Kier alpha value is -0.120. The largest absolute Gasteiger partial charge is 0.378 e. The number of hydrogen-bond donors (Lipinski definition) is 1. The molecule has 1 heterocycles. The molecule has 0 bridgehead atoms. The molecule has 2 N–H and O–H groups in total. The molecule has 2 aliphatic rings. The van der Waals surface area contributed by atoms with Crippen molar-refractivity contribution in [3.05, 3.63) is 0 Å². The smallest absolute Gasteiger partial charge is 0.0590 e. The van der Waals surface area contributed by atoms with Crippen LogP contribution in [-0.4, -0.2) is 42.8 Å². The van der Waals surface area contributed by atoms with Gasteiger partial charge in [-0.25, -0.2) is 0 Å². The van der Waals surface area contributed by atoms with E-state index in [-0.39, 0.29) is 5.54 Å². The molecular weight excluding hydrogens is 212 g/mol. The maximum Gasteiger partial charge on any atom is 0.0590 e. The van der Waals surface area contributed by atoms with Gasteiger partial charge in [0, 0.05) is 24.7 Å². The first-order chi connectivity index (χ1) is 8.22. The van der Waals surface area contributed by atoms with E-state index in [0.717, 1.165) is 38.5 Å². The average Bonchev–Trinajstić information content (AvgIpc) is 2.91. The summed E-state index contributed by atoms with van der Waals surface area (Å²) >= 11 is 0. The van der Waals surface area contributed by atoms with E-state index in [1.54, 1.807) is 0 Å². The van der Waals surface area contributed by atoms with Crippen LogP contribution in [0.1, 0.15) is 51.9 Å². The molecule has 2 atom stereocenters. The van der Waals surface area contributed by atoms with Gasteiger partial charge in [0.2, 0.25) is 0 Å². The van der Waals surface area contributed by atoms with Crippen LogP contribution in [0.15, 0.2) is 0 Å². The van der Waals surface area contributed by atoms with Gasteiger partial charge in [0.05, 0.1) is 6.10 Å². The number of nitrogens with zero attached hydrogens (tertiary/aromatic N) is 1. The minimum Gasteiger partial charge on any atom is -0.378 e. The zero-order valence-electron chi connectivity index (χ0n) is 11.5.